The Bertz CT molecular complexity index is 295. The number of rotatable bonds is 5. The Morgan fingerprint density at radius 3 is 2.32 bits per heavy atom. The predicted octanol–water partition coefficient (Wildman–Crippen LogP) is 1.93. The molecule has 4 N–H and O–H groups in total. The minimum absolute atomic E-state index is 0.0749. The van der Waals surface area contributed by atoms with Crippen molar-refractivity contribution in [1.29, 1.82) is 0 Å². The summed E-state index contributed by atoms with van der Waals surface area (Å²) >= 11 is 0. The van der Waals surface area contributed by atoms with Gasteiger partial charge in [-0.2, -0.15) is 0 Å². The summed E-state index contributed by atoms with van der Waals surface area (Å²) in [4.78, 5) is 11.9. The monoisotopic (exact) mass is 269 g/mol. The van der Waals surface area contributed by atoms with Gasteiger partial charge in [0.25, 0.3) is 0 Å². The van der Waals surface area contributed by atoms with Crippen molar-refractivity contribution in [2.24, 2.45) is 5.73 Å². The molecular weight excluding hydrogens is 238 g/mol. The number of hydrogen-bond acceptors (Lipinski definition) is 3. The lowest BCUT2D eigenvalue weighted by atomic mass is 9.79. The van der Waals surface area contributed by atoms with Crippen molar-refractivity contribution in [3.63, 3.8) is 0 Å². The highest BCUT2D eigenvalue weighted by atomic mass is 16.1. The van der Waals surface area contributed by atoms with Gasteiger partial charge in [-0.25, -0.2) is 0 Å². The molecule has 0 aromatic carbocycles. The van der Waals surface area contributed by atoms with Crippen LogP contribution >= 0.6 is 0 Å². The van der Waals surface area contributed by atoms with Gasteiger partial charge in [0.05, 0.1) is 0 Å². The normalized spacial score (nSPS) is 23.9. The molecule has 1 amide bonds. The number of nitrogens with two attached hydrogens (primary N) is 1. The van der Waals surface area contributed by atoms with Crippen molar-refractivity contribution in [2.75, 3.05) is 0 Å². The van der Waals surface area contributed by atoms with Crippen LogP contribution in [0.2, 0.25) is 0 Å². The predicted molar refractivity (Wildman–Crippen MR) is 80.0 cm³/mol. The van der Waals surface area contributed by atoms with Crippen molar-refractivity contribution in [3.05, 3.63) is 0 Å². The SMILES string of the molecule is CC(N)CCCC(=O)NC1CC(C)(C)NC(C)(C)C1. The van der Waals surface area contributed by atoms with Crippen LogP contribution < -0.4 is 16.4 Å². The van der Waals surface area contributed by atoms with Gasteiger partial charge in [-0.1, -0.05) is 0 Å². The van der Waals surface area contributed by atoms with E-state index in [9.17, 15) is 4.79 Å². The van der Waals surface area contributed by atoms with Crippen LogP contribution in [0.25, 0.3) is 0 Å². The Labute approximate surface area is 117 Å². The van der Waals surface area contributed by atoms with Gasteiger partial charge in [0.1, 0.15) is 0 Å². The number of nitrogens with one attached hydrogen (secondary N) is 2. The molecule has 0 spiro atoms. The fourth-order valence-corrected chi connectivity index (χ4v) is 3.31. The van der Waals surface area contributed by atoms with Crippen LogP contribution in [0.4, 0.5) is 0 Å². The van der Waals surface area contributed by atoms with E-state index in [1.165, 1.54) is 0 Å². The molecule has 0 aliphatic carbocycles. The fourth-order valence-electron chi connectivity index (χ4n) is 3.31. The van der Waals surface area contributed by atoms with Crippen LogP contribution in [0.5, 0.6) is 0 Å². The summed E-state index contributed by atoms with van der Waals surface area (Å²) in [5, 5.41) is 6.81. The number of carbonyl (C=O) groups is 1. The molecule has 1 saturated heterocycles. The number of amides is 1. The molecule has 0 radical (unpaired) electrons. The second-order valence-electron chi connectivity index (χ2n) is 7.43. The van der Waals surface area contributed by atoms with Crippen LogP contribution in [0, 0.1) is 0 Å². The lowest BCUT2D eigenvalue weighted by Gasteiger charge is -2.46. The van der Waals surface area contributed by atoms with E-state index in [-0.39, 0.29) is 29.1 Å². The van der Waals surface area contributed by atoms with Gasteiger partial charge >= 0.3 is 0 Å². The average Bonchev–Trinajstić information content (AvgIpc) is 2.10. The Morgan fingerprint density at radius 2 is 1.84 bits per heavy atom. The van der Waals surface area contributed by atoms with Gasteiger partial charge in [-0.15, -0.1) is 0 Å². The maximum Gasteiger partial charge on any atom is 0.220 e. The molecule has 1 aliphatic rings. The van der Waals surface area contributed by atoms with Crippen molar-refractivity contribution >= 4 is 5.91 Å². The topological polar surface area (TPSA) is 67.2 Å². The Hall–Kier alpha value is -0.610. The molecule has 1 atom stereocenters. The average molecular weight is 269 g/mol. The van der Waals surface area contributed by atoms with Crippen LogP contribution in [0.3, 0.4) is 0 Å². The third-order valence-electron chi connectivity index (χ3n) is 3.62. The van der Waals surface area contributed by atoms with Crippen molar-refractivity contribution in [3.8, 4) is 0 Å². The lowest BCUT2D eigenvalue weighted by molar-refractivity contribution is -0.122. The summed E-state index contributed by atoms with van der Waals surface area (Å²) in [6.07, 6.45) is 4.34. The van der Waals surface area contributed by atoms with E-state index in [4.69, 9.17) is 5.73 Å². The molecule has 4 heteroatoms. The van der Waals surface area contributed by atoms with Crippen molar-refractivity contribution in [1.82, 2.24) is 10.6 Å². The highest BCUT2D eigenvalue weighted by molar-refractivity contribution is 5.76. The van der Waals surface area contributed by atoms with Gasteiger partial charge in [-0.3, -0.25) is 4.79 Å². The smallest absolute Gasteiger partial charge is 0.220 e. The molecule has 0 bridgehead atoms. The van der Waals surface area contributed by atoms with E-state index >= 15 is 0 Å². The lowest BCUT2D eigenvalue weighted by Crippen LogP contribution is -2.62. The fraction of sp³-hybridized carbons (Fsp3) is 0.933. The van der Waals surface area contributed by atoms with Crippen molar-refractivity contribution < 1.29 is 4.79 Å². The third-order valence-corrected chi connectivity index (χ3v) is 3.62. The zero-order chi connectivity index (χ0) is 14.7. The number of piperidine rings is 1. The Morgan fingerprint density at radius 1 is 1.32 bits per heavy atom. The van der Waals surface area contributed by atoms with Gasteiger partial charge < -0.3 is 16.4 Å². The van der Waals surface area contributed by atoms with Crippen LogP contribution in [-0.4, -0.2) is 29.1 Å². The molecule has 0 aromatic heterocycles. The van der Waals surface area contributed by atoms with E-state index in [0.29, 0.717) is 6.42 Å². The first kappa shape index (κ1) is 16.4. The van der Waals surface area contributed by atoms with Gasteiger partial charge in [0, 0.05) is 29.6 Å². The van der Waals surface area contributed by atoms with Crippen molar-refractivity contribution in [2.45, 2.75) is 89.9 Å². The van der Waals surface area contributed by atoms with Gasteiger partial charge in [0.15, 0.2) is 0 Å². The number of hydrogen-bond donors (Lipinski definition) is 3. The minimum Gasteiger partial charge on any atom is -0.353 e. The molecule has 1 aliphatic heterocycles. The van der Waals surface area contributed by atoms with Crippen LogP contribution in [0.1, 0.15) is 66.7 Å². The summed E-state index contributed by atoms with van der Waals surface area (Å²) in [6.45, 7) is 10.8. The van der Waals surface area contributed by atoms with Gasteiger partial charge in [-0.05, 0) is 60.3 Å². The first-order valence-electron chi connectivity index (χ1n) is 7.44. The summed E-state index contributed by atoms with van der Waals surface area (Å²) < 4.78 is 0. The molecule has 1 fully saturated rings. The number of carbonyl (C=O) groups excluding carboxylic acids is 1. The highest BCUT2D eigenvalue weighted by Gasteiger charge is 2.37. The summed E-state index contributed by atoms with van der Waals surface area (Å²) in [6, 6.07) is 0.457. The molecule has 4 nitrogen and oxygen atoms in total. The third kappa shape index (κ3) is 6.39. The molecular formula is C15H31N3O. The molecule has 1 heterocycles. The molecule has 1 rings (SSSR count). The maximum absolute atomic E-state index is 11.9. The minimum atomic E-state index is 0.0749. The largest absolute Gasteiger partial charge is 0.353 e. The first-order chi connectivity index (χ1) is 8.60. The van der Waals surface area contributed by atoms with E-state index in [1.54, 1.807) is 0 Å². The van der Waals surface area contributed by atoms with Gasteiger partial charge in [0.2, 0.25) is 5.91 Å². The Balaban J connectivity index is 2.41. The summed E-state index contributed by atoms with van der Waals surface area (Å²) in [5.74, 6) is 0.166. The van der Waals surface area contributed by atoms with E-state index in [0.717, 1.165) is 25.7 Å². The first-order valence-corrected chi connectivity index (χ1v) is 7.44. The zero-order valence-electron chi connectivity index (χ0n) is 13.2. The molecule has 112 valence electrons. The standard InChI is InChI=1S/C15H31N3O/c1-11(16)7-6-8-13(19)17-12-9-14(2,3)18-15(4,5)10-12/h11-12,18H,6-10,16H2,1-5H3,(H,17,19). The van der Waals surface area contributed by atoms with E-state index < -0.39 is 0 Å². The highest BCUT2D eigenvalue weighted by Crippen LogP contribution is 2.28. The molecule has 0 saturated carbocycles. The summed E-state index contributed by atoms with van der Waals surface area (Å²) in [7, 11) is 0. The second kappa shape index (κ2) is 6.23. The second-order valence-corrected chi connectivity index (χ2v) is 7.43. The molecule has 0 aromatic rings. The van der Waals surface area contributed by atoms with Crippen LogP contribution in [0.15, 0.2) is 0 Å². The molecule has 19 heavy (non-hydrogen) atoms. The zero-order valence-corrected chi connectivity index (χ0v) is 13.2. The Kier molecular flexibility index (Phi) is 5.39. The maximum atomic E-state index is 11.9. The quantitative estimate of drug-likeness (QED) is 0.714. The van der Waals surface area contributed by atoms with Crippen LogP contribution in [-0.2, 0) is 4.79 Å². The molecule has 1 unspecified atom stereocenters. The van der Waals surface area contributed by atoms with E-state index in [1.807, 2.05) is 6.92 Å². The van der Waals surface area contributed by atoms with E-state index in [2.05, 4.69) is 38.3 Å². The summed E-state index contributed by atoms with van der Waals surface area (Å²) in [5.41, 5.74) is 5.84.